The molecule has 2 amide bonds. The molecule has 0 unspecified atom stereocenters. The third kappa shape index (κ3) is 2.69. The van der Waals surface area contributed by atoms with Crippen molar-refractivity contribution in [2.24, 2.45) is 7.05 Å². The minimum atomic E-state index is -0.380. The van der Waals surface area contributed by atoms with E-state index in [4.69, 9.17) is 11.6 Å². The van der Waals surface area contributed by atoms with Gasteiger partial charge in [-0.2, -0.15) is 5.10 Å². The average Bonchev–Trinajstić information content (AvgIpc) is 2.58. The fraction of sp³-hybridized carbons (Fsp3) is 0.375. The van der Waals surface area contributed by atoms with Gasteiger partial charge in [-0.1, -0.05) is 0 Å². The first kappa shape index (κ1) is 11.5. The number of aryl methyl sites for hydroxylation is 1. The van der Waals surface area contributed by atoms with Gasteiger partial charge in [-0.25, -0.2) is 0 Å². The fourth-order valence-electron chi connectivity index (χ4n) is 1.05. The van der Waals surface area contributed by atoms with E-state index in [-0.39, 0.29) is 23.4 Å². The zero-order valence-electron chi connectivity index (χ0n) is 8.37. The van der Waals surface area contributed by atoms with Crippen molar-refractivity contribution in [2.75, 3.05) is 18.2 Å². The number of halogens is 1. The number of nitrogens with zero attached hydrogens (tertiary/aromatic N) is 2. The van der Waals surface area contributed by atoms with Crippen LogP contribution in [0, 0.1) is 0 Å². The Balaban J connectivity index is 2.96. The van der Waals surface area contributed by atoms with E-state index in [2.05, 4.69) is 15.7 Å². The molecule has 1 aromatic rings. The zero-order valence-corrected chi connectivity index (χ0v) is 9.13. The molecule has 0 aliphatic carbocycles. The lowest BCUT2D eigenvalue weighted by atomic mass is 10.3. The predicted molar refractivity (Wildman–Crippen MR) is 55.9 cm³/mol. The van der Waals surface area contributed by atoms with Gasteiger partial charge in [-0.3, -0.25) is 14.3 Å². The third-order valence-electron chi connectivity index (χ3n) is 1.67. The lowest BCUT2D eigenvalue weighted by Gasteiger charge is -2.01. The highest BCUT2D eigenvalue weighted by atomic mass is 35.5. The molecule has 7 heteroatoms. The van der Waals surface area contributed by atoms with Gasteiger partial charge in [0.25, 0.3) is 5.91 Å². The van der Waals surface area contributed by atoms with Crippen molar-refractivity contribution >= 4 is 29.1 Å². The minimum absolute atomic E-state index is 0.165. The number of carbonyl (C=O) groups excluding carboxylic acids is 2. The Bertz CT molecular complexity index is 388. The highest BCUT2D eigenvalue weighted by Gasteiger charge is 2.16. The highest BCUT2D eigenvalue weighted by molar-refractivity contribution is 6.29. The molecule has 0 spiro atoms. The van der Waals surface area contributed by atoms with Gasteiger partial charge in [0.2, 0.25) is 5.91 Å². The van der Waals surface area contributed by atoms with Crippen LogP contribution in [-0.4, -0.2) is 34.5 Å². The zero-order chi connectivity index (χ0) is 11.4. The van der Waals surface area contributed by atoms with Crippen molar-refractivity contribution < 1.29 is 9.59 Å². The quantitative estimate of drug-likeness (QED) is 0.716. The number of amides is 2. The van der Waals surface area contributed by atoms with Crippen LogP contribution in [0.2, 0.25) is 0 Å². The predicted octanol–water partition coefficient (Wildman–Crippen LogP) is -0.0430. The van der Waals surface area contributed by atoms with E-state index in [1.54, 1.807) is 7.05 Å². The van der Waals surface area contributed by atoms with Gasteiger partial charge in [-0.15, -0.1) is 11.6 Å². The maximum absolute atomic E-state index is 11.3. The summed E-state index contributed by atoms with van der Waals surface area (Å²) in [5, 5.41) is 8.82. The van der Waals surface area contributed by atoms with Crippen LogP contribution in [0.1, 0.15) is 10.5 Å². The largest absolute Gasteiger partial charge is 0.354 e. The van der Waals surface area contributed by atoms with Gasteiger partial charge in [0.1, 0.15) is 5.88 Å². The first-order valence-electron chi connectivity index (χ1n) is 4.20. The molecule has 1 aromatic heterocycles. The lowest BCUT2D eigenvalue weighted by molar-refractivity contribution is -0.113. The molecule has 0 aliphatic rings. The number of hydrogen-bond donors (Lipinski definition) is 2. The maximum Gasteiger partial charge on any atom is 0.273 e. The van der Waals surface area contributed by atoms with Crippen LogP contribution in [0.3, 0.4) is 0 Å². The van der Waals surface area contributed by atoms with Crippen LogP contribution in [0.25, 0.3) is 0 Å². The second-order valence-corrected chi connectivity index (χ2v) is 3.09. The molecule has 0 saturated carbocycles. The summed E-state index contributed by atoms with van der Waals surface area (Å²) in [7, 11) is 3.15. The molecule has 0 fully saturated rings. The third-order valence-corrected chi connectivity index (χ3v) is 1.91. The summed E-state index contributed by atoms with van der Waals surface area (Å²) in [4.78, 5) is 22.4. The van der Waals surface area contributed by atoms with E-state index in [0.29, 0.717) is 5.69 Å². The van der Waals surface area contributed by atoms with Gasteiger partial charge in [0.05, 0.1) is 5.69 Å². The molecular formula is C8H11ClN4O2. The van der Waals surface area contributed by atoms with Gasteiger partial charge in [0.15, 0.2) is 5.69 Å². The standard InChI is InChI=1S/C8H11ClN4O2/c1-10-8(15)7-5(4-13(2)12-7)11-6(14)3-9/h4H,3H2,1-2H3,(H,10,15)(H,11,14). The number of carbonyl (C=O) groups is 2. The summed E-state index contributed by atoms with van der Waals surface area (Å²) in [6.07, 6.45) is 1.54. The number of anilines is 1. The number of rotatable bonds is 3. The van der Waals surface area contributed by atoms with Crippen LogP contribution in [0.4, 0.5) is 5.69 Å². The van der Waals surface area contributed by atoms with Crippen LogP contribution in [0.5, 0.6) is 0 Å². The van der Waals surface area contributed by atoms with Gasteiger partial charge >= 0.3 is 0 Å². The van der Waals surface area contributed by atoms with Crippen molar-refractivity contribution in [1.82, 2.24) is 15.1 Å². The normalized spacial score (nSPS) is 9.80. The molecule has 0 aliphatic heterocycles. The van der Waals surface area contributed by atoms with Crippen LogP contribution in [0.15, 0.2) is 6.20 Å². The molecule has 0 bridgehead atoms. The molecule has 6 nitrogen and oxygen atoms in total. The number of hydrogen-bond acceptors (Lipinski definition) is 3. The van der Waals surface area contributed by atoms with Crippen molar-refractivity contribution in [3.63, 3.8) is 0 Å². The van der Waals surface area contributed by atoms with Crippen LogP contribution in [-0.2, 0) is 11.8 Å². The molecule has 1 heterocycles. The molecule has 1 rings (SSSR count). The first-order valence-corrected chi connectivity index (χ1v) is 4.73. The fourth-order valence-corrected chi connectivity index (χ4v) is 1.12. The van der Waals surface area contributed by atoms with Crippen LogP contribution < -0.4 is 10.6 Å². The number of nitrogens with one attached hydrogen (secondary N) is 2. The highest BCUT2D eigenvalue weighted by Crippen LogP contribution is 2.12. The monoisotopic (exact) mass is 230 g/mol. The summed E-state index contributed by atoms with van der Waals surface area (Å²) >= 11 is 5.33. The van der Waals surface area contributed by atoms with E-state index < -0.39 is 0 Å². The van der Waals surface area contributed by atoms with E-state index >= 15 is 0 Å². The smallest absolute Gasteiger partial charge is 0.273 e. The van der Waals surface area contributed by atoms with Crippen molar-refractivity contribution in [3.05, 3.63) is 11.9 Å². The summed E-state index contributed by atoms with van der Waals surface area (Å²) in [5.41, 5.74) is 0.515. The van der Waals surface area contributed by atoms with Crippen molar-refractivity contribution in [3.8, 4) is 0 Å². The van der Waals surface area contributed by atoms with Gasteiger partial charge in [-0.05, 0) is 0 Å². The summed E-state index contributed by atoms with van der Waals surface area (Å²) in [6, 6.07) is 0. The maximum atomic E-state index is 11.3. The molecule has 82 valence electrons. The van der Waals surface area contributed by atoms with Gasteiger partial charge < -0.3 is 10.6 Å². The summed E-state index contributed by atoms with van der Waals surface area (Å²) in [5.74, 6) is -0.905. The topological polar surface area (TPSA) is 76.0 Å². The number of alkyl halides is 1. The van der Waals surface area contributed by atoms with E-state index in [0.717, 1.165) is 0 Å². The molecule has 0 saturated heterocycles. The average molecular weight is 231 g/mol. The molecule has 0 aromatic carbocycles. The molecule has 15 heavy (non-hydrogen) atoms. The Morgan fingerprint density at radius 1 is 1.60 bits per heavy atom. The first-order chi connectivity index (χ1) is 7.08. The van der Waals surface area contributed by atoms with Crippen molar-refractivity contribution in [2.45, 2.75) is 0 Å². The van der Waals surface area contributed by atoms with Gasteiger partial charge in [0, 0.05) is 20.3 Å². The van der Waals surface area contributed by atoms with Crippen molar-refractivity contribution in [1.29, 1.82) is 0 Å². The van der Waals surface area contributed by atoms with E-state index in [1.165, 1.54) is 17.9 Å². The minimum Gasteiger partial charge on any atom is -0.354 e. The second kappa shape index (κ2) is 4.79. The Hall–Kier alpha value is -1.56. The Labute approximate surface area is 91.6 Å². The Kier molecular flexibility index (Phi) is 3.68. The Morgan fingerprint density at radius 3 is 2.80 bits per heavy atom. The van der Waals surface area contributed by atoms with E-state index in [1.807, 2.05) is 0 Å². The van der Waals surface area contributed by atoms with E-state index in [9.17, 15) is 9.59 Å². The Morgan fingerprint density at radius 2 is 2.27 bits per heavy atom. The molecule has 0 radical (unpaired) electrons. The van der Waals surface area contributed by atoms with Crippen LogP contribution >= 0.6 is 11.6 Å². The summed E-state index contributed by atoms with van der Waals surface area (Å²) < 4.78 is 1.44. The number of aromatic nitrogens is 2. The molecule has 0 atom stereocenters. The lowest BCUT2D eigenvalue weighted by Crippen LogP contribution is -2.21. The second-order valence-electron chi connectivity index (χ2n) is 2.83. The molecule has 2 N–H and O–H groups in total. The molecular weight excluding hydrogens is 220 g/mol. The SMILES string of the molecule is CNC(=O)c1nn(C)cc1NC(=O)CCl. The summed E-state index contributed by atoms with van der Waals surface area (Å²) in [6.45, 7) is 0.